The second-order valence-corrected chi connectivity index (χ2v) is 3.01. The molecule has 2 N–H and O–H groups in total. The van der Waals surface area contributed by atoms with Crippen molar-refractivity contribution >= 4 is 11.6 Å². The van der Waals surface area contributed by atoms with Gasteiger partial charge in [-0.25, -0.2) is 4.39 Å². The molecule has 1 aromatic rings. The summed E-state index contributed by atoms with van der Waals surface area (Å²) in [7, 11) is 0. The Bertz CT molecular complexity index is 436. The van der Waals surface area contributed by atoms with E-state index in [0.29, 0.717) is 0 Å². The Morgan fingerprint density at radius 3 is 2.75 bits per heavy atom. The van der Waals surface area contributed by atoms with Crippen molar-refractivity contribution in [1.29, 1.82) is 0 Å². The fraction of sp³-hybridized carbons (Fsp3) is 0.222. The number of primary amides is 1. The van der Waals surface area contributed by atoms with Crippen LogP contribution in [0.3, 0.4) is 0 Å². The van der Waals surface area contributed by atoms with Crippen LogP contribution in [0.2, 0.25) is 0 Å². The second-order valence-electron chi connectivity index (χ2n) is 3.01. The maximum absolute atomic E-state index is 13.3. The molecule has 0 aromatic heterocycles. The van der Waals surface area contributed by atoms with Gasteiger partial charge in [0, 0.05) is 6.07 Å². The topological polar surface area (TPSA) is 95.5 Å². The first-order valence-corrected chi connectivity index (χ1v) is 4.32. The molecule has 86 valence electrons. The van der Waals surface area contributed by atoms with Crippen molar-refractivity contribution < 1.29 is 18.8 Å². The number of amides is 1. The number of benzene rings is 1. The summed E-state index contributed by atoms with van der Waals surface area (Å²) in [6.45, 7) is 1.28. The maximum Gasteiger partial charge on any atom is 0.314 e. The van der Waals surface area contributed by atoms with Crippen molar-refractivity contribution in [1.82, 2.24) is 0 Å². The van der Waals surface area contributed by atoms with Crippen molar-refractivity contribution in [3.05, 3.63) is 34.1 Å². The van der Waals surface area contributed by atoms with E-state index in [9.17, 15) is 19.3 Å². The number of nitrogens with two attached hydrogens (primary N) is 1. The van der Waals surface area contributed by atoms with Gasteiger partial charge in [0.05, 0.1) is 4.92 Å². The number of nitrogens with zero attached hydrogens (tertiary/aromatic N) is 1. The van der Waals surface area contributed by atoms with E-state index >= 15 is 0 Å². The molecular weight excluding hydrogens is 219 g/mol. The molecule has 0 fully saturated rings. The smallest absolute Gasteiger partial charge is 0.314 e. The largest absolute Gasteiger partial charge is 0.472 e. The standard InChI is InChI=1S/C9H9FN2O4/c1-5(9(11)13)16-8-6(10)3-2-4-7(8)12(14)15/h2-5H,1H3,(H2,11,13). The van der Waals surface area contributed by atoms with E-state index in [1.54, 1.807) is 0 Å². The molecule has 0 saturated heterocycles. The van der Waals surface area contributed by atoms with Crippen LogP contribution in [-0.2, 0) is 4.79 Å². The quantitative estimate of drug-likeness (QED) is 0.613. The number of ether oxygens (including phenoxy) is 1. The van der Waals surface area contributed by atoms with Gasteiger partial charge >= 0.3 is 5.69 Å². The van der Waals surface area contributed by atoms with Crippen LogP contribution in [0.1, 0.15) is 6.92 Å². The predicted molar refractivity (Wildman–Crippen MR) is 52.3 cm³/mol. The van der Waals surface area contributed by atoms with Crippen LogP contribution in [0.4, 0.5) is 10.1 Å². The Morgan fingerprint density at radius 1 is 1.62 bits per heavy atom. The third-order valence-corrected chi connectivity index (χ3v) is 1.84. The van der Waals surface area contributed by atoms with Gasteiger partial charge in [-0.3, -0.25) is 14.9 Å². The second kappa shape index (κ2) is 4.56. The Hall–Kier alpha value is -2.18. The van der Waals surface area contributed by atoms with Crippen molar-refractivity contribution in [2.45, 2.75) is 13.0 Å². The Balaban J connectivity index is 3.11. The molecule has 6 nitrogen and oxygen atoms in total. The monoisotopic (exact) mass is 228 g/mol. The molecule has 1 atom stereocenters. The summed E-state index contributed by atoms with van der Waals surface area (Å²) in [4.78, 5) is 20.5. The molecule has 1 aromatic carbocycles. The van der Waals surface area contributed by atoms with Crippen LogP contribution in [0, 0.1) is 15.9 Å². The average Bonchev–Trinajstić information content (AvgIpc) is 2.20. The van der Waals surface area contributed by atoms with E-state index in [1.165, 1.54) is 13.0 Å². The highest BCUT2D eigenvalue weighted by Crippen LogP contribution is 2.30. The van der Waals surface area contributed by atoms with Gasteiger partial charge in [0.1, 0.15) is 0 Å². The zero-order valence-electron chi connectivity index (χ0n) is 8.34. The summed E-state index contributed by atoms with van der Waals surface area (Å²) in [5, 5.41) is 10.6. The number of rotatable bonds is 4. The van der Waals surface area contributed by atoms with Crippen LogP contribution < -0.4 is 10.5 Å². The molecule has 0 aliphatic carbocycles. The minimum absolute atomic E-state index is 0.548. The summed E-state index contributed by atoms with van der Waals surface area (Å²) in [5.41, 5.74) is 4.36. The molecule has 0 radical (unpaired) electrons. The first-order chi connectivity index (χ1) is 7.43. The summed E-state index contributed by atoms with van der Waals surface area (Å²) in [6, 6.07) is 3.25. The molecule has 0 spiro atoms. The van der Waals surface area contributed by atoms with E-state index in [2.05, 4.69) is 0 Å². The van der Waals surface area contributed by atoms with Crippen LogP contribution in [0.5, 0.6) is 5.75 Å². The van der Waals surface area contributed by atoms with Gasteiger partial charge in [-0.2, -0.15) is 0 Å². The number of nitro groups is 1. The fourth-order valence-corrected chi connectivity index (χ4v) is 0.993. The molecule has 1 rings (SSSR count). The number of carbonyl (C=O) groups excluding carboxylic acids is 1. The van der Waals surface area contributed by atoms with E-state index in [4.69, 9.17) is 10.5 Å². The number of hydrogen-bond acceptors (Lipinski definition) is 4. The Morgan fingerprint density at radius 2 is 2.25 bits per heavy atom. The molecular formula is C9H9FN2O4. The fourth-order valence-electron chi connectivity index (χ4n) is 0.993. The highest BCUT2D eigenvalue weighted by molar-refractivity contribution is 5.78. The summed E-state index contributed by atoms with van der Waals surface area (Å²) in [5.74, 6) is -2.33. The zero-order chi connectivity index (χ0) is 12.3. The third kappa shape index (κ3) is 2.44. The summed E-state index contributed by atoms with van der Waals surface area (Å²) < 4.78 is 18.1. The van der Waals surface area contributed by atoms with E-state index in [0.717, 1.165) is 12.1 Å². The van der Waals surface area contributed by atoms with Crippen LogP contribution >= 0.6 is 0 Å². The number of halogens is 1. The number of hydrogen-bond donors (Lipinski definition) is 1. The number of nitro benzene ring substituents is 1. The van der Waals surface area contributed by atoms with Crippen LogP contribution in [0.15, 0.2) is 18.2 Å². The van der Waals surface area contributed by atoms with Crippen LogP contribution in [-0.4, -0.2) is 16.9 Å². The highest BCUT2D eigenvalue weighted by atomic mass is 19.1. The lowest BCUT2D eigenvalue weighted by Crippen LogP contribution is -2.31. The van der Waals surface area contributed by atoms with E-state index in [-0.39, 0.29) is 0 Å². The molecule has 16 heavy (non-hydrogen) atoms. The van der Waals surface area contributed by atoms with Gasteiger partial charge in [0.2, 0.25) is 5.75 Å². The molecule has 0 aliphatic heterocycles. The average molecular weight is 228 g/mol. The summed E-state index contributed by atoms with van der Waals surface area (Å²) in [6.07, 6.45) is -1.14. The molecule has 0 aliphatic rings. The number of para-hydroxylation sites is 1. The van der Waals surface area contributed by atoms with Crippen molar-refractivity contribution in [3.8, 4) is 5.75 Å². The van der Waals surface area contributed by atoms with Gasteiger partial charge < -0.3 is 10.5 Å². The number of carbonyl (C=O) groups is 1. The van der Waals surface area contributed by atoms with Gasteiger partial charge in [-0.05, 0) is 13.0 Å². The molecule has 1 amide bonds. The molecule has 0 heterocycles. The SMILES string of the molecule is CC(Oc1c(F)cccc1[N+](=O)[O-])C(N)=O. The highest BCUT2D eigenvalue weighted by Gasteiger charge is 2.23. The minimum Gasteiger partial charge on any atom is -0.472 e. The zero-order valence-corrected chi connectivity index (χ0v) is 8.34. The molecule has 7 heteroatoms. The van der Waals surface area contributed by atoms with Gasteiger partial charge in [-0.1, -0.05) is 6.07 Å². The molecule has 0 bridgehead atoms. The molecule has 1 unspecified atom stereocenters. The van der Waals surface area contributed by atoms with Crippen LogP contribution in [0.25, 0.3) is 0 Å². The minimum atomic E-state index is -1.14. The van der Waals surface area contributed by atoms with E-state index in [1.807, 2.05) is 0 Å². The van der Waals surface area contributed by atoms with Crippen molar-refractivity contribution in [3.63, 3.8) is 0 Å². The Kier molecular flexibility index (Phi) is 3.39. The summed E-state index contributed by atoms with van der Waals surface area (Å²) >= 11 is 0. The normalized spacial score (nSPS) is 11.9. The van der Waals surface area contributed by atoms with Gasteiger partial charge in [0.25, 0.3) is 5.91 Å². The maximum atomic E-state index is 13.3. The lowest BCUT2D eigenvalue weighted by molar-refractivity contribution is -0.386. The van der Waals surface area contributed by atoms with Gasteiger partial charge in [-0.15, -0.1) is 0 Å². The Labute approximate surface area is 90.0 Å². The first kappa shape index (κ1) is 11.9. The lowest BCUT2D eigenvalue weighted by atomic mass is 10.2. The third-order valence-electron chi connectivity index (χ3n) is 1.84. The van der Waals surface area contributed by atoms with E-state index < -0.39 is 34.2 Å². The van der Waals surface area contributed by atoms with Crippen molar-refractivity contribution in [2.75, 3.05) is 0 Å². The van der Waals surface area contributed by atoms with Gasteiger partial charge in [0.15, 0.2) is 11.9 Å². The predicted octanol–water partition coefficient (Wildman–Crippen LogP) is 0.987. The molecule has 0 saturated carbocycles. The lowest BCUT2D eigenvalue weighted by Gasteiger charge is -2.11. The first-order valence-electron chi connectivity index (χ1n) is 4.32. The van der Waals surface area contributed by atoms with Crippen molar-refractivity contribution in [2.24, 2.45) is 5.73 Å².